The van der Waals surface area contributed by atoms with Gasteiger partial charge in [-0.3, -0.25) is 19.2 Å². The first kappa shape index (κ1) is 27.8. The molecule has 1 heterocycles. The second-order valence-corrected chi connectivity index (χ2v) is 7.47. The summed E-state index contributed by atoms with van der Waals surface area (Å²) >= 11 is 0. The number of ether oxygens (including phenoxy) is 5. The van der Waals surface area contributed by atoms with E-state index in [1.165, 1.54) is 0 Å². The predicted octanol–water partition coefficient (Wildman–Crippen LogP) is 2.05. The van der Waals surface area contributed by atoms with Crippen LogP contribution in [-0.2, 0) is 42.9 Å². The lowest BCUT2D eigenvalue weighted by Gasteiger charge is -2.44. The molecule has 1 saturated carbocycles. The molecule has 3 unspecified atom stereocenters. The molecule has 36 heavy (non-hydrogen) atoms. The molecule has 2 rings (SSSR count). The standard InChI is InChI=1S/C18H21N9O9/c1-7(29)32-13-4-10(6-28)35-18(14(13)24-27-21)36-16-12(23-26-20)5-11(22-25-19)15(33-8(2)30)17(16)34-9(3)31/h4,6,11-18H,5H2,1-3H3/t11-,12?,13?,14+,15-,16-,17?,18-/m1/s1. The molecule has 0 radical (unpaired) electrons. The van der Waals surface area contributed by atoms with Gasteiger partial charge in [0.05, 0.1) is 12.1 Å². The molecule has 8 atom stereocenters. The van der Waals surface area contributed by atoms with Crippen LogP contribution < -0.4 is 0 Å². The second kappa shape index (κ2) is 12.8. The van der Waals surface area contributed by atoms with E-state index in [9.17, 15) is 19.2 Å². The van der Waals surface area contributed by atoms with Gasteiger partial charge in [-0.15, -0.1) is 0 Å². The first-order valence-electron chi connectivity index (χ1n) is 10.3. The maximum Gasteiger partial charge on any atom is 0.303 e. The van der Waals surface area contributed by atoms with Gasteiger partial charge in [-0.25, -0.2) is 0 Å². The minimum atomic E-state index is -1.62. The highest BCUT2D eigenvalue weighted by atomic mass is 16.7. The van der Waals surface area contributed by atoms with Crippen LogP contribution in [0.4, 0.5) is 0 Å². The number of carbonyl (C=O) groups is 4. The first-order valence-corrected chi connectivity index (χ1v) is 10.3. The van der Waals surface area contributed by atoms with Crippen LogP contribution in [0.15, 0.2) is 27.2 Å². The third-order valence-electron chi connectivity index (χ3n) is 4.98. The number of esters is 3. The Bertz CT molecular complexity index is 1060. The van der Waals surface area contributed by atoms with Gasteiger partial charge in [-0.1, -0.05) is 15.3 Å². The van der Waals surface area contributed by atoms with Crippen LogP contribution in [0, 0.1) is 0 Å². The molecule has 0 spiro atoms. The maximum atomic E-state index is 11.9. The van der Waals surface area contributed by atoms with Gasteiger partial charge in [0.2, 0.25) is 6.29 Å². The zero-order valence-corrected chi connectivity index (χ0v) is 19.2. The summed E-state index contributed by atoms with van der Waals surface area (Å²) in [6.07, 6.45) is -6.03. The van der Waals surface area contributed by atoms with Crippen molar-refractivity contribution in [1.29, 1.82) is 0 Å². The second-order valence-electron chi connectivity index (χ2n) is 7.47. The van der Waals surface area contributed by atoms with Gasteiger partial charge in [0.15, 0.2) is 18.1 Å². The molecule has 1 aliphatic carbocycles. The number of hydrogen-bond acceptors (Lipinski definition) is 12. The molecule has 2 aliphatic rings. The van der Waals surface area contributed by atoms with E-state index in [0.717, 1.165) is 26.8 Å². The van der Waals surface area contributed by atoms with Crippen molar-refractivity contribution in [1.82, 2.24) is 0 Å². The number of hydrogen-bond donors (Lipinski definition) is 0. The summed E-state index contributed by atoms with van der Waals surface area (Å²) in [5.74, 6) is -2.76. The lowest BCUT2D eigenvalue weighted by molar-refractivity contribution is -0.235. The first-order chi connectivity index (χ1) is 17.1. The summed E-state index contributed by atoms with van der Waals surface area (Å²) in [5.41, 5.74) is 27.1. The molecule has 0 aromatic carbocycles. The fourth-order valence-electron chi connectivity index (χ4n) is 3.79. The van der Waals surface area contributed by atoms with Crippen molar-refractivity contribution in [2.45, 2.75) is 76.0 Å². The highest BCUT2D eigenvalue weighted by molar-refractivity contribution is 5.71. The summed E-state index contributed by atoms with van der Waals surface area (Å²) in [4.78, 5) is 54.8. The van der Waals surface area contributed by atoms with Crippen LogP contribution in [0.2, 0.25) is 0 Å². The summed E-state index contributed by atoms with van der Waals surface area (Å²) < 4.78 is 27.0. The quantitative estimate of drug-likeness (QED) is 0.110. The Morgan fingerprint density at radius 1 is 0.889 bits per heavy atom. The van der Waals surface area contributed by atoms with Gasteiger partial charge in [-0.2, -0.15) is 0 Å². The Morgan fingerprint density at radius 3 is 1.92 bits per heavy atom. The van der Waals surface area contributed by atoms with Crippen LogP contribution in [0.3, 0.4) is 0 Å². The average Bonchev–Trinajstić information content (AvgIpc) is 2.79. The topological polar surface area (TPSA) is 261 Å². The lowest BCUT2D eigenvalue weighted by Crippen LogP contribution is -2.60. The molecule has 18 heteroatoms. The Morgan fingerprint density at radius 2 is 1.42 bits per heavy atom. The number of aldehydes is 1. The normalized spacial score (nSPS) is 30.9. The van der Waals surface area contributed by atoms with Gasteiger partial charge in [-0.05, 0) is 23.0 Å². The van der Waals surface area contributed by atoms with Crippen LogP contribution in [0.5, 0.6) is 0 Å². The Kier molecular flexibility index (Phi) is 9.89. The van der Waals surface area contributed by atoms with Gasteiger partial charge in [0, 0.05) is 41.6 Å². The summed E-state index contributed by atoms with van der Waals surface area (Å²) in [6.45, 7) is 3.20. The van der Waals surface area contributed by atoms with E-state index < -0.39 is 66.7 Å². The molecule has 0 bridgehead atoms. The molecule has 0 N–H and O–H groups in total. The zero-order chi connectivity index (χ0) is 26.8. The van der Waals surface area contributed by atoms with E-state index in [2.05, 4.69) is 30.1 Å². The number of carbonyl (C=O) groups excluding carboxylic acids is 4. The fourth-order valence-corrected chi connectivity index (χ4v) is 3.79. The van der Waals surface area contributed by atoms with Gasteiger partial charge < -0.3 is 23.7 Å². The summed E-state index contributed by atoms with van der Waals surface area (Å²) in [7, 11) is 0. The van der Waals surface area contributed by atoms with E-state index >= 15 is 0 Å². The van der Waals surface area contributed by atoms with E-state index in [-0.39, 0.29) is 18.5 Å². The van der Waals surface area contributed by atoms with Crippen molar-refractivity contribution in [2.24, 2.45) is 15.3 Å². The van der Waals surface area contributed by atoms with Crippen LogP contribution in [0.1, 0.15) is 27.2 Å². The highest BCUT2D eigenvalue weighted by Gasteiger charge is 2.51. The molecule has 1 aliphatic heterocycles. The summed E-state index contributed by atoms with van der Waals surface area (Å²) in [6, 6.07) is -3.69. The molecule has 0 saturated heterocycles. The molecule has 0 amide bonds. The lowest BCUT2D eigenvalue weighted by atomic mass is 9.84. The molecular formula is C18H21N9O9. The number of azide groups is 3. The minimum Gasteiger partial charge on any atom is -0.461 e. The third kappa shape index (κ3) is 7.01. The highest BCUT2D eigenvalue weighted by Crippen LogP contribution is 2.35. The average molecular weight is 507 g/mol. The van der Waals surface area contributed by atoms with E-state index in [1.54, 1.807) is 0 Å². The predicted molar refractivity (Wildman–Crippen MR) is 114 cm³/mol. The molecular weight excluding hydrogens is 486 g/mol. The minimum absolute atomic E-state index is 0.211. The summed E-state index contributed by atoms with van der Waals surface area (Å²) in [5, 5.41) is 10.7. The van der Waals surface area contributed by atoms with Gasteiger partial charge >= 0.3 is 17.9 Å². The molecule has 0 aromatic heterocycles. The van der Waals surface area contributed by atoms with Crippen molar-refractivity contribution in [3.05, 3.63) is 43.2 Å². The van der Waals surface area contributed by atoms with Crippen molar-refractivity contribution >= 4 is 24.2 Å². The maximum absolute atomic E-state index is 11.9. The van der Waals surface area contributed by atoms with Crippen LogP contribution in [-0.4, -0.2) is 73.0 Å². The van der Waals surface area contributed by atoms with Crippen molar-refractivity contribution in [3.63, 3.8) is 0 Å². The third-order valence-corrected chi connectivity index (χ3v) is 4.98. The van der Waals surface area contributed by atoms with Gasteiger partial charge in [0.25, 0.3) is 0 Å². The number of rotatable bonds is 9. The van der Waals surface area contributed by atoms with Crippen molar-refractivity contribution in [2.75, 3.05) is 0 Å². The number of nitrogens with zero attached hydrogens (tertiary/aromatic N) is 9. The Balaban J connectivity index is 2.58. The number of allylic oxidation sites excluding steroid dienone is 1. The SMILES string of the molecule is CC(=O)OC1C=C(C=O)O[C@H](O[C@@H]2C(N=[N+]=[N-])C[C@@H](N=[N+]=[N-])[C@@H](OC(C)=O)C2OC(C)=O)[C@H]1N=[N+]=[N-]. The van der Waals surface area contributed by atoms with E-state index in [4.69, 9.17) is 40.3 Å². The smallest absolute Gasteiger partial charge is 0.303 e. The molecule has 1 fully saturated rings. The van der Waals surface area contributed by atoms with Crippen LogP contribution in [0.25, 0.3) is 31.3 Å². The van der Waals surface area contributed by atoms with Gasteiger partial charge in [0.1, 0.15) is 24.4 Å². The molecule has 0 aromatic rings. The molecule has 192 valence electrons. The Labute approximate surface area is 202 Å². The van der Waals surface area contributed by atoms with Crippen molar-refractivity contribution in [3.8, 4) is 0 Å². The van der Waals surface area contributed by atoms with E-state index in [1.807, 2.05) is 0 Å². The van der Waals surface area contributed by atoms with Crippen molar-refractivity contribution < 1.29 is 42.9 Å². The van der Waals surface area contributed by atoms with E-state index in [0.29, 0.717) is 0 Å². The Hall–Kier alpha value is -4.49. The zero-order valence-electron chi connectivity index (χ0n) is 19.2. The molecule has 18 nitrogen and oxygen atoms in total. The monoisotopic (exact) mass is 507 g/mol. The van der Waals surface area contributed by atoms with Crippen LogP contribution >= 0.6 is 0 Å². The fraction of sp³-hybridized carbons (Fsp3) is 0.667. The largest absolute Gasteiger partial charge is 0.461 e.